The molecule has 3 aliphatic rings. The lowest BCUT2D eigenvalue weighted by Crippen LogP contribution is -2.42. The molecule has 0 radical (unpaired) electrons. The number of rotatable bonds is 1. The number of nitrogens with one attached hydrogen (secondary N) is 1. The Morgan fingerprint density at radius 3 is 2.85 bits per heavy atom. The molecule has 2 aromatic rings. The van der Waals surface area contributed by atoms with Gasteiger partial charge in [-0.1, -0.05) is 18.2 Å². The highest BCUT2D eigenvalue weighted by Gasteiger charge is 2.54. The molecule has 0 aromatic heterocycles. The summed E-state index contributed by atoms with van der Waals surface area (Å²) in [6.45, 7) is 1.10. The summed E-state index contributed by atoms with van der Waals surface area (Å²) in [7, 11) is 1.80. The number of para-hydroxylation sites is 1. The van der Waals surface area contributed by atoms with Gasteiger partial charge in [-0.25, -0.2) is 4.79 Å². The third kappa shape index (κ3) is 2.27. The van der Waals surface area contributed by atoms with Crippen molar-refractivity contribution in [3.8, 4) is 11.5 Å². The number of urea groups is 1. The molecule has 27 heavy (non-hydrogen) atoms. The number of anilines is 2. The van der Waals surface area contributed by atoms with E-state index in [1.807, 2.05) is 24.3 Å². The van der Waals surface area contributed by atoms with Crippen molar-refractivity contribution in [1.82, 2.24) is 4.90 Å². The number of likely N-dealkylation sites (N-methyl/N-ethyl adjacent to an activating group) is 1. The smallest absolute Gasteiger partial charge is 0.321 e. The monoisotopic (exact) mass is 365 g/mol. The molecular weight excluding hydrogens is 346 g/mol. The lowest BCUT2D eigenvalue weighted by Gasteiger charge is -2.23. The van der Waals surface area contributed by atoms with Gasteiger partial charge in [0.05, 0.1) is 5.41 Å². The van der Waals surface area contributed by atoms with Crippen LogP contribution in [0, 0.1) is 0 Å². The first-order chi connectivity index (χ1) is 13.1. The molecule has 1 atom stereocenters. The Hall–Kier alpha value is -3.22. The first-order valence-corrected chi connectivity index (χ1v) is 8.92. The van der Waals surface area contributed by atoms with Crippen LogP contribution in [0.25, 0.3) is 0 Å². The molecule has 1 fully saturated rings. The van der Waals surface area contributed by atoms with Crippen molar-refractivity contribution < 1.29 is 19.1 Å². The number of carbonyl (C=O) groups is 2. The Labute approximate surface area is 156 Å². The summed E-state index contributed by atoms with van der Waals surface area (Å²) in [5.41, 5.74) is 1.94. The van der Waals surface area contributed by atoms with Crippen molar-refractivity contribution in [1.29, 1.82) is 0 Å². The summed E-state index contributed by atoms with van der Waals surface area (Å²) in [5, 5.41) is 2.90. The first kappa shape index (κ1) is 16.0. The second-order valence-corrected chi connectivity index (χ2v) is 7.13. The first-order valence-electron chi connectivity index (χ1n) is 8.92. The van der Waals surface area contributed by atoms with Gasteiger partial charge < -0.3 is 24.6 Å². The lowest BCUT2D eigenvalue weighted by atomic mass is 9.81. The van der Waals surface area contributed by atoms with Crippen LogP contribution < -0.4 is 19.7 Å². The van der Waals surface area contributed by atoms with E-state index >= 15 is 0 Å². The number of ether oxygens (including phenoxy) is 2. The van der Waals surface area contributed by atoms with E-state index in [-0.39, 0.29) is 18.7 Å². The summed E-state index contributed by atoms with van der Waals surface area (Å²) < 4.78 is 10.6. The van der Waals surface area contributed by atoms with Crippen molar-refractivity contribution in [2.75, 3.05) is 37.1 Å². The van der Waals surface area contributed by atoms with Crippen molar-refractivity contribution in [2.24, 2.45) is 0 Å². The van der Waals surface area contributed by atoms with Crippen LogP contribution >= 0.6 is 0 Å². The molecule has 3 aliphatic heterocycles. The van der Waals surface area contributed by atoms with E-state index in [0.717, 1.165) is 11.3 Å². The number of hydrogen-bond acceptors (Lipinski definition) is 4. The molecule has 5 rings (SSSR count). The van der Waals surface area contributed by atoms with Crippen LogP contribution in [0.15, 0.2) is 42.5 Å². The summed E-state index contributed by atoms with van der Waals surface area (Å²) in [6, 6.07) is 12.9. The van der Waals surface area contributed by atoms with Crippen LogP contribution in [0.4, 0.5) is 16.2 Å². The highest BCUT2D eigenvalue weighted by Crippen LogP contribution is 2.46. The molecule has 0 saturated carbocycles. The van der Waals surface area contributed by atoms with Gasteiger partial charge in [-0.2, -0.15) is 0 Å². The topological polar surface area (TPSA) is 71.1 Å². The maximum absolute atomic E-state index is 13.0. The summed E-state index contributed by atoms with van der Waals surface area (Å²) >= 11 is 0. The van der Waals surface area contributed by atoms with Crippen molar-refractivity contribution in [3.05, 3.63) is 48.0 Å². The molecule has 0 aliphatic carbocycles. The number of carbonyl (C=O) groups excluding carboxylic acids is 2. The van der Waals surface area contributed by atoms with Gasteiger partial charge >= 0.3 is 6.03 Å². The molecule has 7 heteroatoms. The average Bonchev–Trinajstić information content (AvgIpc) is 3.38. The van der Waals surface area contributed by atoms with Gasteiger partial charge in [0, 0.05) is 37.6 Å². The van der Waals surface area contributed by atoms with Gasteiger partial charge in [0.25, 0.3) is 0 Å². The van der Waals surface area contributed by atoms with E-state index in [0.29, 0.717) is 36.7 Å². The van der Waals surface area contributed by atoms with Crippen molar-refractivity contribution in [3.63, 3.8) is 0 Å². The minimum absolute atomic E-state index is 0.0575. The fraction of sp³-hybridized carbons (Fsp3) is 0.300. The molecule has 3 amide bonds. The van der Waals surface area contributed by atoms with Crippen molar-refractivity contribution in [2.45, 2.75) is 11.8 Å². The Morgan fingerprint density at radius 2 is 1.96 bits per heavy atom. The number of amides is 3. The predicted molar refractivity (Wildman–Crippen MR) is 99.3 cm³/mol. The normalized spacial score (nSPS) is 22.5. The van der Waals surface area contributed by atoms with E-state index in [9.17, 15) is 9.59 Å². The zero-order valence-electron chi connectivity index (χ0n) is 14.9. The van der Waals surface area contributed by atoms with Crippen LogP contribution in [0.5, 0.6) is 11.5 Å². The molecule has 138 valence electrons. The fourth-order valence-electron chi connectivity index (χ4n) is 4.27. The Bertz CT molecular complexity index is 960. The van der Waals surface area contributed by atoms with E-state index in [1.165, 1.54) is 0 Å². The second-order valence-electron chi connectivity index (χ2n) is 7.13. The highest BCUT2D eigenvalue weighted by atomic mass is 16.7. The summed E-state index contributed by atoms with van der Waals surface area (Å²) in [4.78, 5) is 29.2. The zero-order chi connectivity index (χ0) is 18.6. The molecule has 0 bridgehead atoms. The standard InChI is InChI=1S/C20H19N3O4/c1-22-15-5-3-2-4-14(15)20(18(22)24)8-9-23(11-20)19(25)21-13-6-7-16-17(10-13)27-12-26-16/h2-7,10H,8-9,11-12H2,1H3,(H,21,25)/t20-/m0/s1. The number of benzene rings is 2. The van der Waals surface area contributed by atoms with Crippen molar-refractivity contribution >= 4 is 23.3 Å². The molecule has 0 unspecified atom stereocenters. The predicted octanol–water partition coefficient (Wildman–Crippen LogP) is 2.57. The van der Waals surface area contributed by atoms with Gasteiger partial charge in [0.15, 0.2) is 11.5 Å². The summed E-state index contributed by atoms with van der Waals surface area (Å²) in [5.74, 6) is 1.35. The van der Waals surface area contributed by atoms with E-state index in [1.54, 1.807) is 35.0 Å². The van der Waals surface area contributed by atoms with Gasteiger partial charge in [-0.3, -0.25) is 4.79 Å². The summed E-state index contributed by atoms with van der Waals surface area (Å²) in [6.07, 6.45) is 0.627. The Balaban J connectivity index is 1.36. The van der Waals surface area contributed by atoms with Crippen LogP contribution in [0.2, 0.25) is 0 Å². The number of nitrogens with zero attached hydrogens (tertiary/aromatic N) is 2. The molecule has 1 N–H and O–H groups in total. The highest BCUT2D eigenvalue weighted by molar-refractivity contribution is 6.08. The minimum Gasteiger partial charge on any atom is -0.454 e. The molecule has 1 saturated heterocycles. The number of likely N-dealkylation sites (tertiary alicyclic amines) is 1. The van der Waals surface area contributed by atoms with Crippen LogP contribution in [0.1, 0.15) is 12.0 Å². The maximum atomic E-state index is 13.0. The zero-order valence-corrected chi connectivity index (χ0v) is 14.9. The molecular formula is C20H19N3O4. The fourth-order valence-corrected chi connectivity index (χ4v) is 4.27. The third-order valence-electron chi connectivity index (χ3n) is 5.68. The average molecular weight is 365 g/mol. The van der Waals surface area contributed by atoms with Crippen LogP contribution in [-0.2, 0) is 10.2 Å². The van der Waals surface area contributed by atoms with E-state index in [2.05, 4.69) is 5.32 Å². The van der Waals surface area contributed by atoms with Crippen LogP contribution in [-0.4, -0.2) is 43.8 Å². The minimum atomic E-state index is -0.641. The van der Waals surface area contributed by atoms with E-state index < -0.39 is 5.41 Å². The molecule has 3 heterocycles. The Kier molecular flexibility index (Phi) is 3.34. The Morgan fingerprint density at radius 1 is 1.15 bits per heavy atom. The van der Waals surface area contributed by atoms with Gasteiger partial charge in [-0.05, 0) is 30.2 Å². The largest absolute Gasteiger partial charge is 0.454 e. The quantitative estimate of drug-likeness (QED) is 0.843. The molecule has 2 aromatic carbocycles. The number of fused-ring (bicyclic) bond motifs is 3. The van der Waals surface area contributed by atoms with Gasteiger partial charge in [-0.15, -0.1) is 0 Å². The van der Waals surface area contributed by atoms with E-state index in [4.69, 9.17) is 9.47 Å². The second kappa shape index (κ2) is 5.64. The number of hydrogen-bond donors (Lipinski definition) is 1. The van der Waals surface area contributed by atoms with Gasteiger partial charge in [0.2, 0.25) is 12.7 Å². The third-order valence-corrected chi connectivity index (χ3v) is 5.68. The molecule has 1 spiro atoms. The van der Waals surface area contributed by atoms with Gasteiger partial charge in [0.1, 0.15) is 0 Å². The lowest BCUT2D eigenvalue weighted by molar-refractivity contribution is -0.122. The SMILES string of the molecule is CN1C(=O)[C@]2(CCN(C(=O)Nc3ccc4c(c3)OCO4)C2)c2ccccc21. The van der Waals surface area contributed by atoms with Crippen LogP contribution in [0.3, 0.4) is 0 Å². The maximum Gasteiger partial charge on any atom is 0.321 e. The molecule has 7 nitrogen and oxygen atoms in total.